The second kappa shape index (κ2) is 8.86. The summed E-state index contributed by atoms with van der Waals surface area (Å²) in [5.74, 6) is 0.914. The molecule has 6 nitrogen and oxygen atoms in total. The van der Waals surface area contributed by atoms with Gasteiger partial charge in [0.2, 0.25) is 0 Å². The standard InChI is InChI=1S/C24H31N5O/c1-17(2)14-29-16-19(20-13-26-28(3)15-20)12-23(24(29)30)27-21-9-7-18(8-10-21)22-6-4-5-11-25-22/h4-6,11-13,15-18,21,27H,7-10,14H2,1-3H3/t18-,21+. The first kappa shape index (κ1) is 20.4. The van der Waals surface area contributed by atoms with Crippen molar-refractivity contribution in [2.24, 2.45) is 13.0 Å². The van der Waals surface area contributed by atoms with Gasteiger partial charge in [0.25, 0.3) is 5.56 Å². The van der Waals surface area contributed by atoms with Gasteiger partial charge in [-0.1, -0.05) is 19.9 Å². The van der Waals surface area contributed by atoms with Crippen LogP contribution in [0, 0.1) is 5.92 Å². The number of aryl methyl sites for hydroxylation is 1. The summed E-state index contributed by atoms with van der Waals surface area (Å²) in [6.45, 7) is 4.97. The Morgan fingerprint density at radius 1 is 1.13 bits per heavy atom. The Morgan fingerprint density at radius 3 is 2.57 bits per heavy atom. The highest BCUT2D eigenvalue weighted by Gasteiger charge is 2.24. The lowest BCUT2D eigenvalue weighted by Crippen LogP contribution is -2.31. The van der Waals surface area contributed by atoms with E-state index >= 15 is 0 Å². The number of nitrogens with zero attached hydrogens (tertiary/aromatic N) is 4. The minimum Gasteiger partial charge on any atom is -0.378 e. The van der Waals surface area contributed by atoms with E-state index in [1.54, 1.807) is 4.68 Å². The fraction of sp³-hybridized carbons (Fsp3) is 0.458. The van der Waals surface area contributed by atoms with Gasteiger partial charge >= 0.3 is 0 Å². The summed E-state index contributed by atoms with van der Waals surface area (Å²) in [6, 6.07) is 8.46. The first-order chi connectivity index (χ1) is 14.5. The molecule has 0 spiro atoms. The van der Waals surface area contributed by atoms with Crippen LogP contribution in [0.1, 0.15) is 51.1 Å². The first-order valence-corrected chi connectivity index (χ1v) is 10.9. The van der Waals surface area contributed by atoms with Crippen molar-refractivity contribution in [3.05, 3.63) is 65.1 Å². The predicted octanol–water partition coefficient (Wildman–Crippen LogP) is 4.44. The van der Waals surface area contributed by atoms with Crippen molar-refractivity contribution in [3.63, 3.8) is 0 Å². The van der Waals surface area contributed by atoms with Gasteiger partial charge in [0.1, 0.15) is 5.69 Å². The summed E-state index contributed by atoms with van der Waals surface area (Å²) in [5, 5.41) is 7.86. The van der Waals surface area contributed by atoms with Crippen LogP contribution in [-0.4, -0.2) is 25.4 Å². The van der Waals surface area contributed by atoms with Gasteiger partial charge in [0.15, 0.2) is 0 Å². The normalized spacial score (nSPS) is 19.2. The summed E-state index contributed by atoms with van der Waals surface area (Å²) in [7, 11) is 1.91. The van der Waals surface area contributed by atoms with Gasteiger partial charge in [0.05, 0.1) is 6.20 Å². The molecule has 0 bridgehead atoms. The second-order valence-electron chi connectivity index (χ2n) is 8.84. The molecule has 0 saturated heterocycles. The van der Waals surface area contributed by atoms with Crippen molar-refractivity contribution in [2.45, 2.75) is 58.0 Å². The zero-order valence-electron chi connectivity index (χ0n) is 18.1. The zero-order chi connectivity index (χ0) is 21.1. The Balaban J connectivity index is 1.54. The van der Waals surface area contributed by atoms with Gasteiger partial charge in [-0.05, 0) is 49.8 Å². The number of anilines is 1. The number of hydrogen-bond donors (Lipinski definition) is 1. The van der Waals surface area contributed by atoms with E-state index in [0.29, 0.717) is 30.1 Å². The molecule has 0 unspecified atom stereocenters. The van der Waals surface area contributed by atoms with E-state index in [-0.39, 0.29) is 5.56 Å². The second-order valence-corrected chi connectivity index (χ2v) is 8.84. The average Bonchev–Trinajstić information content (AvgIpc) is 3.18. The summed E-state index contributed by atoms with van der Waals surface area (Å²) < 4.78 is 3.63. The number of rotatable bonds is 6. The van der Waals surface area contributed by atoms with Crippen LogP contribution >= 0.6 is 0 Å². The number of pyridine rings is 2. The molecule has 1 aliphatic rings. The van der Waals surface area contributed by atoms with Crippen LogP contribution in [0.2, 0.25) is 0 Å². The molecule has 1 saturated carbocycles. The van der Waals surface area contributed by atoms with Crippen molar-refractivity contribution in [2.75, 3.05) is 5.32 Å². The zero-order valence-corrected chi connectivity index (χ0v) is 18.1. The van der Waals surface area contributed by atoms with Crippen LogP contribution in [0.25, 0.3) is 11.1 Å². The lowest BCUT2D eigenvalue weighted by Gasteiger charge is -2.29. The molecule has 3 heterocycles. The maximum Gasteiger partial charge on any atom is 0.273 e. The molecule has 0 aliphatic heterocycles. The van der Waals surface area contributed by atoms with Gasteiger partial charge in [-0.25, -0.2) is 0 Å². The topological polar surface area (TPSA) is 64.7 Å². The molecule has 0 amide bonds. The quantitative estimate of drug-likeness (QED) is 0.659. The van der Waals surface area contributed by atoms with Crippen LogP contribution in [0.15, 0.2) is 53.8 Å². The maximum absolute atomic E-state index is 13.1. The molecule has 4 rings (SSSR count). The van der Waals surface area contributed by atoms with Crippen LogP contribution in [0.3, 0.4) is 0 Å². The summed E-state index contributed by atoms with van der Waals surface area (Å²) in [5.41, 5.74) is 3.99. The Labute approximate surface area is 178 Å². The van der Waals surface area contributed by atoms with Crippen LogP contribution in [0.5, 0.6) is 0 Å². The Kier molecular flexibility index (Phi) is 6.02. The summed E-state index contributed by atoms with van der Waals surface area (Å²) >= 11 is 0. The highest BCUT2D eigenvalue weighted by Crippen LogP contribution is 2.33. The highest BCUT2D eigenvalue weighted by molar-refractivity contribution is 5.65. The largest absolute Gasteiger partial charge is 0.378 e. The third-order valence-corrected chi connectivity index (χ3v) is 5.88. The van der Waals surface area contributed by atoms with Gasteiger partial charge in [-0.15, -0.1) is 0 Å². The smallest absolute Gasteiger partial charge is 0.273 e. The molecule has 6 heteroatoms. The molecule has 0 atom stereocenters. The minimum absolute atomic E-state index is 0.0585. The van der Waals surface area contributed by atoms with Gasteiger partial charge < -0.3 is 9.88 Å². The Hall–Kier alpha value is -2.89. The van der Waals surface area contributed by atoms with E-state index in [1.165, 1.54) is 5.69 Å². The molecule has 0 aromatic carbocycles. The van der Waals surface area contributed by atoms with Crippen molar-refractivity contribution < 1.29 is 0 Å². The average molecular weight is 406 g/mol. The molecule has 0 radical (unpaired) electrons. The lowest BCUT2D eigenvalue weighted by atomic mass is 9.84. The highest BCUT2D eigenvalue weighted by atomic mass is 16.1. The number of aromatic nitrogens is 4. The molecule has 3 aromatic heterocycles. The molecular formula is C24H31N5O. The molecule has 158 valence electrons. The summed E-state index contributed by atoms with van der Waals surface area (Å²) in [4.78, 5) is 17.7. The van der Waals surface area contributed by atoms with E-state index in [2.05, 4.69) is 41.4 Å². The van der Waals surface area contributed by atoms with Crippen LogP contribution in [0.4, 0.5) is 5.69 Å². The molecule has 1 aliphatic carbocycles. The van der Waals surface area contributed by atoms with Crippen molar-refractivity contribution in [1.82, 2.24) is 19.3 Å². The van der Waals surface area contributed by atoms with E-state index in [9.17, 15) is 4.79 Å². The SMILES string of the molecule is CC(C)Cn1cc(-c2cnn(C)c2)cc(N[C@H]2CC[C@@H](c3ccccn3)CC2)c1=O. The number of hydrogen-bond acceptors (Lipinski definition) is 4. The molecule has 1 fully saturated rings. The van der Waals surface area contributed by atoms with Gasteiger partial charge in [0, 0.05) is 61.0 Å². The molecule has 1 N–H and O–H groups in total. The van der Waals surface area contributed by atoms with Crippen molar-refractivity contribution >= 4 is 5.69 Å². The minimum atomic E-state index is 0.0585. The molecule has 3 aromatic rings. The van der Waals surface area contributed by atoms with Crippen LogP contribution in [-0.2, 0) is 13.6 Å². The number of nitrogens with one attached hydrogen (secondary N) is 1. The van der Waals surface area contributed by atoms with Crippen molar-refractivity contribution in [3.8, 4) is 11.1 Å². The molecule has 30 heavy (non-hydrogen) atoms. The third-order valence-electron chi connectivity index (χ3n) is 5.88. The Bertz CT molecular complexity index is 1030. The van der Waals surface area contributed by atoms with Crippen molar-refractivity contribution in [1.29, 1.82) is 0 Å². The summed E-state index contributed by atoms with van der Waals surface area (Å²) in [6.07, 6.45) is 11.9. The Morgan fingerprint density at radius 2 is 1.93 bits per heavy atom. The fourth-order valence-electron chi connectivity index (χ4n) is 4.37. The van der Waals surface area contributed by atoms with E-state index in [1.807, 2.05) is 48.5 Å². The fourth-order valence-corrected chi connectivity index (χ4v) is 4.37. The van der Waals surface area contributed by atoms with E-state index in [4.69, 9.17) is 0 Å². The van der Waals surface area contributed by atoms with E-state index in [0.717, 1.165) is 36.8 Å². The third kappa shape index (κ3) is 4.64. The monoisotopic (exact) mass is 405 g/mol. The van der Waals surface area contributed by atoms with Gasteiger partial charge in [-0.3, -0.25) is 14.5 Å². The lowest BCUT2D eigenvalue weighted by molar-refractivity contribution is 0.406. The van der Waals surface area contributed by atoms with E-state index < -0.39 is 0 Å². The van der Waals surface area contributed by atoms with Gasteiger partial charge in [-0.2, -0.15) is 5.10 Å². The molecular weight excluding hydrogens is 374 g/mol. The first-order valence-electron chi connectivity index (χ1n) is 10.9. The maximum atomic E-state index is 13.1. The van der Waals surface area contributed by atoms with Crippen LogP contribution < -0.4 is 10.9 Å². The predicted molar refractivity (Wildman–Crippen MR) is 121 cm³/mol.